The average Bonchev–Trinajstić information content (AvgIpc) is 1.06. The molecule has 0 bridgehead atoms. The van der Waals surface area contributed by atoms with E-state index in [0.717, 1.165) is 125 Å². The molecule has 730 valence electrons. The van der Waals surface area contributed by atoms with Gasteiger partial charge in [-0.25, -0.2) is 49.8 Å². The largest absolute Gasteiger partial charge is 0.467 e. The van der Waals surface area contributed by atoms with Gasteiger partial charge in [-0.2, -0.15) is 0 Å². The molecule has 1 fully saturated rings. The third-order valence-corrected chi connectivity index (χ3v) is 23.5. The molecular formula is C119H108N22O6. The number of nitrogens with zero attached hydrogens (tertiary/aromatic N) is 12. The highest BCUT2D eigenvalue weighted by molar-refractivity contribution is 5.99. The number of benzene rings is 11. The van der Waals surface area contributed by atoms with E-state index in [4.69, 9.17) is 4.42 Å². The molecule has 10 N–H and O–H groups in total. The highest BCUT2D eigenvalue weighted by atomic mass is 16.3. The molecule has 28 nitrogen and oxygen atoms in total. The van der Waals surface area contributed by atoms with E-state index in [1.807, 2.05) is 367 Å². The Morgan fingerprint density at radius 2 is 0.626 bits per heavy atom. The molecule has 19 aromatic rings. The number of hydrogen-bond acceptors (Lipinski definition) is 23. The zero-order valence-electron chi connectivity index (χ0n) is 81.2. The van der Waals surface area contributed by atoms with Gasteiger partial charge in [-0.15, -0.1) is 0 Å². The summed E-state index contributed by atoms with van der Waals surface area (Å²) in [5.41, 5.74) is 21.2. The molecule has 0 spiro atoms. The number of aryl methyl sites for hydroxylation is 3. The Labute approximate surface area is 852 Å². The number of furan rings is 1. The molecule has 0 saturated heterocycles. The number of amides is 5. The smallest absolute Gasteiger partial charge is 0.251 e. The predicted molar refractivity (Wildman–Crippen MR) is 577 cm³/mol. The lowest BCUT2D eigenvalue weighted by atomic mass is 9.89. The van der Waals surface area contributed by atoms with Gasteiger partial charge in [0.05, 0.1) is 53.5 Å². The van der Waals surface area contributed by atoms with Gasteiger partial charge in [-0.05, 0) is 231 Å². The number of hydrogen-bond donors (Lipinski definition) is 10. The van der Waals surface area contributed by atoms with E-state index in [0.29, 0.717) is 95.4 Å². The van der Waals surface area contributed by atoms with E-state index in [1.54, 1.807) is 68.0 Å². The van der Waals surface area contributed by atoms with Gasteiger partial charge in [-0.3, -0.25) is 33.9 Å². The first-order chi connectivity index (χ1) is 72.1. The summed E-state index contributed by atoms with van der Waals surface area (Å²) < 4.78 is 5.24. The van der Waals surface area contributed by atoms with E-state index in [1.165, 1.54) is 32.1 Å². The van der Waals surface area contributed by atoms with Crippen molar-refractivity contribution < 1.29 is 28.4 Å². The molecule has 0 unspecified atom stereocenters. The van der Waals surface area contributed by atoms with Gasteiger partial charge in [0.1, 0.15) is 5.76 Å². The molecule has 0 aliphatic heterocycles. The Kier molecular flexibility index (Phi) is 35.8. The Morgan fingerprint density at radius 1 is 0.279 bits per heavy atom. The molecule has 28 heteroatoms. The minimum absolute atomic E-state index is 0.0193. The van der Waals surface area contributed by atoms with Gasteiger partial charge in [0.25, 0.3) is 29.5 Å². The van der Waals surface area contributed by atoms with Gasteiger partial charge in [0.15, 0.2) is 0 Å². The summed E-state index contributed by atoms with van der Waals surface area (Å²) in [7, 11) is 0. The summed E-state index contributed by atoms with van der Waals surface area (Å²) in [5.74, 6) is 3.29. The van der Waals surface area contributed by atoms with E-state index >= 15 is 0 Å². The number of carbonyl (C=O) groups excluding carboxylic acids is 5. The van der Waals surface area contributed by atoms with E-state index in [2.05, 4.69) is 113 Å². The van der Waals surface area contributed by atoms with Crippen LogP contribution < -0.4 is 53.2 Å². The monoisotopic (exact) mass is 1940 g/mol. The summed E-state index contributed by atoms with van der Waals surface area (Å²) in [5, 5.41) is 30.8. The molecule has 20 rings (SSSR count). The second kappa shape index (κ2) is 52.3. The fourth-order valence-corrected chi connectivity index (χ4v) is 15.7. The van der Waals surface area contributed by atoms with Crippen LogP contribution in [-0.4, -0.2) is 95.9 Å². The summed E-state index contributed by atoms with van der Waals surface area (Å²) >= 11 is 0. The molecule has 0 radical (unpaired) electrons. The van der Waals surface area contributed by atoms with Crippen LogP contribution in [0, 0.1) is 26.7 Å². The number of nitrogens with one attached hydrogen (secondary N) is 10. The molecule has 8 heterocycles. The van der Waals surface area contributed by atoms with E-state index < -0.39 is 0 Å². The van der Waals surface area contributed by atoms with Crippen molar-refractivity contribution in [3.05, 3.63) is 481 Å². The standard InChI is InChI=1S/C25H22N4O.2C24H21N5O.C24H26N4O.C22H18N4O2/c1-18-12-13-20(16-22(18)24(30)27-17-19-8-4-2-5-9-19)23-14-15-26-25(29-23)28-21-10-6-3-7-11-21;1-17-9-10-19(14-21(17)23(30)27-16-18-6-5-12-25-15-18)22-11-13-26-24(29-22)28-20-7-3-2-4-8-20;1-17-10-11-18(15-21(17)23(30)27-16-20-9-5-6-13-25-20)22-12-14-26-24(29-22)28-19-7-3-2-4-8-19;29-23(26-17-18-8-3-1-4-9-18)20-11-7-10-19(16-20)22-14-15-25-24(28-22)27-21-12-5-2-6-13-21;27-21(24-15-19-10-5-13-28-19)17-7-4-6-16(14-17)20-11-12-23-22(26-20)25-18-8-2-1-3-9-18/h2-16H,17H2,1H3,(H,27,30)(H,26,28,29);2*2-15H,16H2,1H3,(H,27,30)(H,26,28,29);2,5-7,10-16,18H,1,3-4,8-9,17H2,(H,26,29)(H,25,27,28);1-14H,15H2,(H,24,27)(H,23,25,26). The van der Waals surface area contributed by atoms with Crippen molar-refractivity contribution in [3.63, 3.8) is 0 Å². The van der Waals surface area contributed by atoms with Gasteiger partial charge in [-0.1, -0.05) is 213 Å². The lowest BCUT2D eigenvalue weighted by molar-refractivity contribution is 0.0936. The molecule has 1 aliphatic rings. The van der Waals surface area contributed by atoms with Gasteiger partial charge in [0, 0.05) is 153 Å². The highest BCUT2D eigenvalue weighted by Gasteiger charge is 2.21. The maximum Gasteiger partial charge on any atom is 0.251 e. The van der Waals surface area contributed by atoms with Crippen LogP contribution in [0.15, 0.2) is 418 Å². The van der Waals surface area contributed by atoms with Crippen molar-refractivity contribution in [2.75, 3.05) is 33.1 Å². The van der Waals surface area contributed by atoms with Crippen LogP contribution in [-0.2, 0) is 26.2 Å². The maximum absolute atomic E-state index is 12.8. The van der Waals surface area contributed by atoms with Crippen LogP contribution in [0.4, 0.5) is 58.2 Å². The van der Waals surface area contributed by atoms with Crippen LogP contribution in [0.2, 0.25) is 0 Å². The Balaban J connectivity index is 0.000000131. The Morgan fingerprint density at radius 3 is 0.986 bits per heavy atom. The van der Waals surface area contributed by atoms with E-state index in [-0.39, 0.29) is 29.5 Å². The SMILES string of the molecule is Cc1ccc(-c2ccnc(Nc3ccccc3)n2)cc1C(=O)NCc1ccccc1.Cc1ccc(-c2ccnc(Nc3ccccc3)n2)cc1C(=O)NCc1ccccn1.Cc1ccc(-c2ccnc(Nc3ccccc3)n2)cc1C(=O)NCc1cccnc1.O=C(NCC1CCCCC1)c1cccc(-c2ccnc(Nc3ccccc3)n2)c1.O=C(NCc1ccco1)c1cccc(-c2ccnc(Nc3ccccc3)n2)c1. The van der Waals surface area contributed by atoms with Crippen molar-refractivity contribution in [1.29, 1.82) is 0 Å². The van der Waals surface area contributed by atoms with Gasteiger partial charge >= 0.3 is 0 Å². The number of rotatable bonds is 30. The number of para-hydroxylation sites is 5. The zero-order chi connectivity index (χ0) is 101. The van der Waals surface area contributed by atoms with Crippen LogP contribution in [0.1, 0.15) is 123 Å². The zero-order valence-corrected chi connectivity index (χ0v) is 81.2. The van der Waals surface area contributed by atoms with Crippen molar-refractivity contribution in [2.45, 2.75) is 79.1 Å². The molecule has 0 atom stereocenters. The number of aromatic nitrogens is 12. The summed E-state index contributed by atoms with van der Waals surface area (Å²) in [4.78, 5) is 116. The molecule has 1 aliphatic carbocycles. The van der Waals surface area contributed by atoms with Crippen LogP contribution in [0.3, 0.4) is 0 Å². The molecule has 5 amide bonds. The second-order valence-corrected chi connectivity index (χ2v) is 34.2. The van der Waals surface area contributed by atoms with Crippen molar-refractivity contribution >= 4 is 87.7 Å². The van der Waals surface area contributed by atoms with Crippen molar-refractivity contribution in [2.24, 2.45) is 5.92 Å². The molecule has 11 aromatic carbocycles. The second-order valence-electron chi connectivity index (χ2n) is 34.2. The maximum atomic E-state index is 12.8. The Bertz CT molecular complexity index is 7080. The van der Waals surface area contributed by atoms with Crippen molar-refractivity contribution in [3.8, 4) is 56.3 Å². The molecular weight excluding hydrogens is 1830 g/mol. The predicted octanol–water partition coefficient (Wildman–Crippen LogP) is 23.8. The van der Waals surface area contributed by atoms with Crippen LogP contribution in [0.25, 0.3) is 56.3 Å². The molecule has 8 aromatic heterocycles. The molecule has 147 heavy (non-hydrogen) atoms. The summed E-state index contributed by atoms with van der Waals surface area (Å²) in [6.07, 6.45) is 21.6. The molecule has 1 saturated carbocycles. The first-order valence-electron chi connectivity index (χ1n) is 48.2. The third kappa shape index (κ3) is 30.6. The number of pyridine rings is 2. The fraction of sp³-hybridized carbons (Fsp3) is 0.118. The normalized spacial score (nSPS) is 11.2. The lowest BCUT2D eigenvalue weighted by Gasteiger charge is -2.21. The topological polar surface area (TPSA) is 373 Å². The highest BCUT2D eigenvalue weighted by Crippen LogP contribution is 2.31. The first kappa shape index (κ1) is 101. The summed E-state index contributed by atoms with van der Waals surface area (Å²) in [6, 6.07) is 113. The fourth-order valence-electron chi connectivity index (χ4n) is 15.7. The minimum Gasteiger partial charge on any atom is -0.467 e. The number of carbonyl (C=O) groups is 5. The lowest BCUT2D eigenvalue weighted by Crippen LogP contribution is -2.30. The Hall–Kier alpha value is -19.2. The van der Waals surface area contributed by atoms with Gasteiger partial charge in [0.2, 0.25) is 29.7 Å². The van der Waals surface area contributed by atoms with Crippen molar-refractivity contribution in [1.82, 2.24) is 86.4 Å². The van der Waals surface area contributed by atoms with E-state index in [9.17, 15) is 24.0 Å². The number of anilines is 10. The first-order valence-corrected chi connectivity index (χ1v) is 48.2. The summed E-state index contributed by atoms with van der Waals surface area (Å²) in [6.45, 7) is 8.17. The third-order valence-electron chi connectivity index (χ3n) is 23.5. The van der Waals surface area contributed by atoms with Crippen LogP contribution >= 0.6 is 0 Å². The minimum atomic E-state index is -0.171. The van der Waals surface area contributed by atoms with Crippen LogP contribution in [0.5, 0.6) is 0 Å². The quantitative estimate of drug-likeness (QED) is 0.0200. The average molecular weight is 1940 g/mol. The van der Waals surface area contributed by atoms with Gasteiger partial charge < -0.3 is 57.6 Å².